The standard InChI is InChI=1S/C26H27N3O5/c1-16-6-4-5-7-21(16)28-26(33)29-22-13-8-18(14-23(22)34-3)15-24(30)27-20-11-9-19(10-12-20)17(2)25(31)32/h4-14,17H,15H2,1-3H3,(H,27,30)(H,31,32)(H2,28,29,33). The lowest BCUT2D eigenvalue weighted by Gasteiger charge is -2.14. The summed E-state index contributed by atoms with van der Waals surface area (Å²) < 4.78 is 5.39. The van der Waals surface area contributed by atoms with Crippen LogP contribution in [0.4, 0.5) is 21.9 Å². The van der Waals surface area contributed by atoms with Gasteiger partial charge in [-0.05, 0) is 60.9 Å². The molecule has 3 rings (SSSR count). The van der Waals surface area contributed by atoms with E-state index in [1.54, 1.807) is 49.4 Å². The molecule has 0 fully saturated rings. The molecule has 34 heavy (non-hydrogen) atoms. The van der Waals surface area contributed by atoms with Gasteiger partial charge in [0.2, 0.25) is 5.91 Å². The number of para-hydroxylation sites is 1. The van der Waals surface area contributed by atoms with Crippen LogP contribution in [0.5, 0.6) is 5.75 Å². The Morgan fingerprint density at radius 3 is 2.24 bits per heavy atom. The number of amides is 3. The molecule has 0 aliphatic rings. The first kappa shape index (κ1) is 24.3. The lowest BCUT2D eigenvalue weighted by molar-refractivity contribution is -0.138. The molecule has 3 aromatic carbocycles. The third-order valence-corrected chi connectivity index (χ3v) is 5.34. The summed E-state index contributed by atoms with van der Waals surface area (Å²) in [6.45, 7) is 3.51. The number of aryl methyl sites for hydroxylation is 1. The molecular formula is C26H27N3O5. The number of hydrogen-bond acceptors (Lipinski definition) is 4. The Bertz CT molecular complexity index is 1190. The van der Waals surface area contributed by atoms with Crippen molar-refractivity contribution in [3.8, 4) is 5.75 Å². The van der Waals surface area contributed by atoms with Gasteiger partial charge in [0.1, 0.15) is 5.75 Å². The number of urea groups is 1. The molecule has 0 aromatic heterocycles. The van der Waals surface area contributed by atoms with Crippen molar-refractivity contribution in [2.75, 3.05) is 23.1 Å². The molecule has 0 aliphatic heterocycles. The first-order valence-electron chi connectivity index (χ1n) is 10.7. The summed E-state index contributed by atoms with van der Waals surface area (Å²) in [6, 6.07) is 18.9. The van der Waals surface area contributed by atoms with Crippen LogP contribution in [0, 0.1) is 6.92 Å². The molecule has 0 aliphatic carbocycles. The van der Waals surface area contributed by atoms with Gasteiger partial charge in [0.15, 0.2) is 0 Å². The highest BCUT2D eigenvalue weighted by molar-refractivity contribution is 6.01. The molecule has 0 spiro atoms. The van der Waals surface area contributed by atoms with E-state index in [1.807, 2.05) is 31.2 Å². The zero-order chi connectivity index (χ0) is 24.7. The van der Waals surface area contributed by atoms with Gasteiger partial charge in [0, 0.05) is 11.4 Å². The van der Waals surface area contributed by atoms with Crippen LogP contribution in [0.25, 0.3) is 0 Å². The molecule has 0 heterocycles. The number of nitrogens with one attached hydrogen (secondary N) is 3. The largest absolute Gasteiger partial charge is 0.495 e. The zero-order valence-electron chi connectivity index (χ0n) is 19.2. The average molecular weight is 462 g/mol. The van der Waals surface area contributed by atoms with Crippen LogP contribution < -0.4 is 20.7 Å². The highest BCUT2D eigenvalue weighted by atomic mass is 16.5. The Kier molecular flexibility index (Phi) is 7.87. The van der Waals surface area contributed by atoms with Crippen molar-refractivity contribution in [2.45, 2.75) is 26.2 Å². The smallest absolute Gasteiger partial charge is 0.323 e. The number of methoxy groups -OCH3 is 1. The van der Waals surface area contributed by atoms with E-state index in [0.29, 0.717) is 33.9 Å². The van der Waals surface area contributed by atoms with Crippen LogP contribution in [0.2, 0.25) is 0 Å². The lowest BCUT2D eigenvalue weighted by atomic mass is 10.0. The molecule has 0 saturated carbocycles. The molecule has 1 unspecified atom stereocenters. The van der Waals surface area contributed by atoms with Gasteiger partial charge in [0.05, 0.1) is 25.1 Å². The highest BCUT2D eigenvalue weighted by Crippen LogP contribution is 2.27. The van der Waals surface area contributed by atoms with Crippen molar-refractivity contribution in [3.63, 3.8) is 0 Å². The van der Waals surface area contributed by atoms with Crippen molar-refractivity contribution in [1.29, 1.82) is 0 Å². The van der Waals surface area contributed by atoms with Crippen molar-refractivity contribution in [2.24, 2.45) is 0 Å². The van der Waals surface area contributed by atoms with E-state index in [1.165, 1.54) is 7.11 Å². The SMILES string of the molecule is COc1cc(CC(=O)Nc2ccc(C(C)C(=O)O)cc2)ccc1NC(=O)Nc1ccccc1C. The van der Waals surface area contributed by atoms with Crippen LogP contribution in [-0.2, 0) is 16.0 Å². The van der Waals surface area contributed by atoms with Crippen LogP contribution in [0.15, 0.2) is 66.7 Å². The van der Waals surface area contributed by atoms with Crippen LogP contribution >= 0.6 is 0 Å². The maximum absolute atomic E-state index is 12.5. The van der Waals surface area contributed by atoms with Gasteiger partial charge in [-0.2, -0.15) is 0 Å². The number of carboxylic acids is 1. The van der Waals surface area contributed by atoms with Crippen LogP contribution in [0.1, 0.15) is 29.5 Å². The van der Waals surface area contributed by atoms with Crippen molar-refractivity contribution in [1.82, 2.24) is 0 Å². The van der Waals surface area contributed by atoms with Gasteiger partial charge >= 0.3 is 12.0 Å². The van der Waals surface area contributed by atoms with Gasteiger partial charge in [0.25, 0.3) is 0 Å². The quantitative estimate of drug-likeness (QED) is 0.376. The number of carbonyl (C=O) groups excluding carboxylic acids is 2. The third kappa shape index (κ3) is 6.35. The van der Waals surface area contributed by atoms with Gasteiger partial charge < -0.3 is 25.8 Å². The van der Waals surface area contributed by atoms with Gasteiger partial charge in [-0.3, -0.25) is 9.59 Å². The number of rotatable bonds is 8. The predicted octanol–water partition coefficient (Wildman–Crippen LogP) is 5.02. The summed E-state index contributed by atoms with van der Waals surface area (Å²) in [4.78, 5) is 36.0. The van der Waals surface area contributed by atoms with E-state index < -0.39 is 17.9 Å². The highest BCUT2D eigenvalue weighted by Gasteiger charge is 2.14. The monoisotopic (exact) mass is 461 g/mol. The molecular weight excluding hydrogens is 434 g/mol. The summed E-state index contributed by atoms with van der Waals surface area (Å²) in [5.41, 5.74) is 4.06. The third-order valence-electron chi connectivity index (χ3n) is 5.34. The molecule has 3 amide bonds. The summed E-state index contributed by atoms with van der Waals surface area (Å²) in [5.74, 6) is -1.34. The fraction of sp³-hybridized carbons (Fsp3) is 0.192. The van der Waals surface area contributed by atoms with E-state index in [9.17, 15) is 14.4 Å². The van der Waals surface area contributed by atoms with Crippen LogP contribution in [0.3, 0.4) is 0 Å². The van der Waals surface area contributed by atoms with Crippen LogP contribution in [-0.4, -0.2) is 30.1 Å². The number of carbonyl (C=O) groups is 3. The van der Waals surface area contributed by atoms with E-state index in [0.717, 1.165) is 5.56 Å². The first-order valence-corrected chi connectivity index (χ1v) is 10.7. The second kappa shape index (κ2) is 11.0. The van der Waals surface area contributed by atoms with Crippen molar-refractivity contribution >= 4 is 35.0 Å². The van der Waals surface area contributed by atoms with Crippen molar-refractivity contribution in [3.05, 3.63) is 83.4 Å². The second-order valence-corrected chi connectivity index (χ2v) is 7.84. The number of carboxylic acid groups (broad SMARTS) is 1. The van der Waals surface area contributed by atoms with E-state index in [-0.39, 0.29) is 12.3 Å². The maximum atomic E-state index is 12.5. The first-order chi connectivity index (χ1) is 16.3. The Morgan fingerprint density at radius 1 is 0.912 bits per heavy atom. The minimum absolute atomic E-state index is 0.0966. The van der Waals surface area contributed by atoms with Gasteiger partial charge in [-0.15, -0.1) is 0 Å². The minimum Gasteiger partial charge on any atom is -0.495 e. The molecule has 8 heteroatoms. The van der Waals surface area contributed by atoms with Gasteiger partial charge in [-0.25, -0.2) is 4.79 Å². The molecule has 1 atom stereocenters. The fourth-order valence-electron chi connectivity index (χ4n) is 3.33. The number of hydrogen-bond donors (Lipinski definition) is 4. The average Bonchev–Trinajstić information content (AvgIpc) is 2.81. The number of benzene rings is 3. The molecule has 0 saturated heterocycles. The molecule has 0 radical (unpaired) electrons. The second-order valence-electron chi connectivity index (χ2n) is 7.84. The summed E-state index contributed by atoms with van der Waals surface area (Å²) in [5, 5.41) is 17.5. The normalized spacial score (nSPS) is 11.3. The molecule has 176 valence electrons. The summed E-state index contributed by atoms with van der Waals surface area (Å²) >= 11 is 0. The van der Waals surface area contributed by atoms with Crippen molar-refractivity contribution < 1.29 is 24.2 Å². The molecule has 4 N–H and O–H groups in total. The summed E-state index contributed by atoms with van der Waals surface area (Å²) in [7, 11) is 1.49. The summed E-state index contributed by atoms with van der Waals surface area (Å²) in [6.07, 6.45) is 0.0966. The lowest BCUT2D eigenvalue weighted by Crippen LogP contribution is -2.20. The predicted molar refractivity (Wildman–Crippen MR) is 132 cm³/mol. The van der Waals surface area contributed by atoms with E-state index in [2.05, 4.69) is 16.0 Å². The number of aliphatic carboxylic acids is 1. The zero-order valence-corrected chi connectivity index (χ0v) is 19.2. The minimum atomic E-state index is -0.906. The Balaban J connectivity index is 1.61. The fourth-order valence-corrected chi connectivity index (χ4v) is 3.33. The Labute approximate surface area is 198 Å². The van der Waals surface area contributed by atoms with E-state index in [4.69, 9.17) is 9.84 Å². The number of anilines is 3. The molecule has 3 aromatic rings. The van der Waals surface area contributed by atoms with Gasteiger partial charge in [-0.1, -0.05) is 36.4 Å². The molecule has 0 bridgehead atoms. The topological polar surface area (TPSA) is 117 Å². The van der Waals surface area contributed by atoms with E-state index >= 15 is 0 Å². The maximum Gasteiger partial charge on any atom is 0.323 e. The Hall–Kier alpha value is -4.33. The Morgan fingerprint density at radius 2 is 1.59 bits per heavy atom. The molecule has 8 nitrogen and oxygen atoms in total. The number of ether oxygens (including phenoxy) is 1.